The SMILES string of the molecule is Fc1ccc(-c2ccn(Cc3cccc(F)c3)n2)cc1. The molecular weight excluding hydrogens is 258 g/mol. The van der Waals surface area contributed by atoms with E-state index in [2.05, 4.69) is 5.10 Å². The van der Waals surface area contributed by atoms with Gasteiger partial charge in [-0.15, -0.1) is 0 Å². The zero-order valence-electron chi connectivity index (χ0n) is 10.6. The fourth-order valence-electron chi connectivity index (χ4n) is 2.05. The highest BCUT2D eigenvalue weighted by Gasteiger charge is 2.03. The lowest BCUT2D eigenvalue weighted by Crippen LogP contribution is -2.00. The molecule has 0 spiro atoms. The Kier molecular flexibility index (Phi) is 3.29. The van der Waals surface area contributed by atoms with Crippen molar-refractivity contribution in [3.8, 4) is 11.3 Å². The van der Waals surface area contributed by atoms with E-state index in [1.54, 1.807) is 22.9 Å². The summed E-state index contributed by atoms with van der Waals surface area (Å²) in [6, 6.07) is 14.5. The van der Waals surface area contributed by atoms with Crippen LogP contribution in [0.2, 0.25) is 0 Å². The van der Waals surface area contributed by atoms with Crippen LogP contribution in [0.5, 0.6) is 0 Å². The van der Waals surface area contributed by atoms with Gasteiger partial charge in [0.25, 0.3) is 0 Å². The lowest BCUT2D eigenvalue weighted by Gasteiger charge is -2.02. The van der Waals surface area contributed by atoms with Crippen molar-refractivity contribution in [1.82, 2.24) is 9.78 Å². The molecule has 2 aromatic carbocycles. The minimum Gasteiger partial charge on any atom is -0.268 e. The normalized spacial score (nSPS) is 10.7. The molecule has 100 valence electrons. The molecule has 20 heavy (non-hydrogen) atoms. The summed E-state index contributed by atoms with van der Waals surface area (Å²) in [6.07, 6.45) is 1.82. The van der Waals surface area contributed by atoms with Crippen LogP contribution in [0.3, 0.4) is 0 Å². The summed E-state index contributed by atoms with van der Waals surface area (Å²) in [7, 11) is 0. The molecule has 1 heterocycles. The Morgan fingerprint density at radius 3 is 2.45 bits per heavy atom. The van der Waals surface area contributed by atoms with E-state index in [4.69, 9.17) is 0 Å². The van der Waals surface area contributed by atoms with Crippen LogP contribution < -0.4 is 0 Å². The molecule has 0 bridgehead atoms. The van der Waals surface area contributed by atoms with E-state index in [9.17, 15) is 8.78 Å². The monoisotopic (exact) mass is 270 g/mol. The minimum atomic E-state index is -0.270. The number of hydrogen-bond acceptors (Lipinski definition) is 1. The second-order valence-electron chi connectivity index (χ2n) is 4.54. The molecule has 0 amide bonds. The van der Waals surface area contributed by atoms with Crippen LogP contribution in [0.1, 0.15) is 5.56 Å². The summed E-state index contributed by atoms with van der Waals surface area (Å²) in [5.74, 6) is -0.527. The summed E-state index contributed by atoms with van der Waals surface area (Å²) >= 11 is 0. The lowest BCUT2D eigenvalue weighted by atomic mass is 10.1. The molecule has 1 aromatic heterocycles. The summed E-state index contributed by atoms with van der Waals surface area (Å²) in [5.41, 5.74) is 2.46. The van der Waals surface area contributed by atoms with Gasteiger partial charge in [0.2, 0.25) is 0 Å². The van der Waals surface area contributed by atoms with Gasteiger partial charge in [-0.3, -0.25) is 4.68 Å². The first kappa shape index (κ1) is 12.5. The van der Waals surface area contributed by atoms with Crippen molar-refractivity contribution in [2.75, 3.05) is 0 Å². The molecule has 0 aliphatic rings. The zero-order valence-corrected chi connectivity index (χ0v) is 10.6. The average Bonchev–Trinajstić information content (AvgIpc) is 2.88. The predicted octanol–water partition coefficient (Wildman–Crippen LogP) is 3.88. The van der Waals surface area contributed by atoms with Crippen molar-refractivity contribution in [3.63, 3.8) is 0 Å². The van der Waals surface area contributed by atoms with E-state index >= 15 is 0 Å². The topological polar surface area (TPSA) is 17.8 Å². The molecule has 0 saturated heterocycles. The molecule has 0 N–H and O–H groups in total. The van der Waals surface area contributed by atoms with Crippen LogP contribution >= 0.6 is 0 Å². The zero-order chi connectivity index (χ0) is 13.9. The second kappa shape index (κ2) is 5.25. The maximum atomic E-state index is 13.1. The third-order valence-corrected chi connectivity index (χ3v) is 3.01. The number of hydrogen-bond donors (Lipinski definition) is 0. The number of aromatic nitrogens is 2. The first-order chi connectivity index (χ1) is 9.70. The molecule has 0 aliphatic heterocycles. The number of halogens is 2. The molecule has 0 fully saturated rings. The largest absolute Gasteiger partial charge is 0.268 e. The number of nitrogens with zero attached hydrogens (tertiary/aromatic N) is 2. The van der Waals surface area contributed by atoms with Gasteiger partial charge >= 0.3 is 0 Å². The van der Waals surface area contributed by atoms with Gasteiger partial charge in [0.05, 0.1) is 12.2 Å². The highest BCUT2D eigenvalue weighted by Crippen LogP contribution is 2.17. The molecule has 0 atom stereocenters. The van der Waals surface area contributed by atoms with Gasteiger partial charge in [0, 0.05) is 11.8 Å². The fraction of sp³-hybridized carbons (Fsp3) is 0.0625. The van der Waals surface area contributed by atoms with Crippen LogP contribution in [0, 0.1) is 11.6 Å². The maximum Gasteiger partial charge on any atom is 0.123 e. The third-order valence-electron chi connectivity index (χ3n) is 3.01. The van der Waals surface area contributed by atoms with Crippen molar-refractivity contribution in [3.05, 3.63) is 78.0 Å². The average molecular weight is 270 g/mol. The van der Waals surface area contributed by atoms with E-state index < -0.39 is 0 Å². The van der Waals surface area contributed by atoms with Crippen LogP contribution in [0.15, 0.2) is 60.8 Å². The van der Waals surface area contributed by atoms with Crippen molar-refractivity contribution in [1.29, 1.82) is 0 Å². The van der Waals surface area contributed by atoms with Gasteiger partial charge in [0.15, 0.2) is 0 Å². The molecule has 2 nitrogen and oxygen atoms in total. The van der Waals surface area contributed by atoms with Crippen molar-refractivity contribution in [2.45, 2.75) is 6.54 Å². The Hall–Kier alpha value is -2.49. The molecule has 0 aliphatic carbocycles. The van der Waals surface area contributed by atoms with Crippen LogP contribution in [-0.2, 0) is 6.54 Å². The Morgan fingerprint density at radius 2 is 1.70 bits per heavy atom. The quantitative estimate of drug-likeness (QED) is 0.706. The van der Waals surface area contributed by atoms with E-state index in [1.807, 2.05) is 18.3 Å². The van der Waals surface area contributed by atoms with Gasteiger partial charge in [-0.1, -0.05) is 12.1 Å². The molecule has 3 aromatic rings. The standard InChI is InChI=1S/C16H12F2N2/c17-14-6-4-13(5-7-14)16-8-9-20(19-16)11-12-2-1-3-15(18)10-12/h1-10H,11H2. The predicted molar refractivity (Wildman–Crippen MR) is 73.1 cm³/mol. The summed E-state index contributed by atoms with van der Waals surface area (Å²) < 4.78 is 27.7. The Bertz CT molecular complexity index is 717. The molecule has 4 heteroatoms. The van der Waals surface area contributed by atoms with E-state index in [0.717, 1.165) is 16.8 Å². The van der Waals surface area contributed by atoms with E-state index in [-0.39, 0.29) is 11.6 Å². The van der Waals surface area contributed by atoms with Crippen molar-refractivity contribution >= 4 is 0 Å². The van der Waals surface area contributed by atoms with Gasteiger partial charge < -0.3 is 0 Å². The summed E-state index contributed by atoms with van der Waals surface area (Å²) in [6.45, 7) is 0.499. The Balaban J connectivity index is 1.82. The molecular formula is C16H12F2N2. The number of rotatable bonds is 3. The van der Waals surface area contributed by atoms with Gasteiger partial charge in [-0.25, -0.2) is 8.78 Å². The van der Waals surface area contributed by atoms with Crippen molar-refractivity contribution in [2.24, 2.45) is 0 Å². The third kappa shape index (κ3) is 2.74. The second-order valence-corrected chi connectivity index (χ2v) is 4.54. The Labute approximate surface area is 115 Å². The smallest absolute Gasteiger partial charge is 0.123 e. The van der Waals surface area contributed by atoms with E-state index in [0.29, 0.717) is 6.54 Å². The Morgan fingerprint density at radius 1 is 0.900 bits per heavy atom. The molecule has 0 unspecified atom stereocenters. The highest BCUT2D eigenvalue weighted by atomic mass is 19.1. The van der Waals surface area contributed by atoms with E-state index in [1.165, 1.54) is 24.3 Å². The minimum absolute atomic E-state index is 0.256. The lowest BCUT2D eigenvalue weighted by molar-refractivity contribution is 0.619. The van der Waals surface area contributed by atoms with Gasteiger partial charge in [-0.05, 0) is 48.0 Å². The fourth-order valence-corrected chi connectivity index (χ4v) is 2.05. The summed E-state index contributed by atoms with van der Waals surface area (Å²) in [4.78, 5) is 0. The molecule has 0 radical (unpaired) electrons. The highest BCUT2D eigenvalue weighted by molar-refractivity contribution is 5.58. The summed E-state index contributed by atoms with van der Waals surface area (Å²) in [5, 5.41) is 4.41. The number of benzene rings is 2. The first-order valence-electron chi connectivity index (χ1n) is 6.24. The van der Waals surface area contributed by atoms with Gasteiger partial charge in [-0.2, -0.15) is 5.10 Å². The van der Waals surface area contributed by atoms with Crippen LogP contribution in [-0.4, -0.2) is 9.78 Å². The van der Waals surface area contributed by atoms with Crippen LogP contribution in [0.4, 0.5) is 8.78 Å². The first-order valence-corrected chi connectivity index (χ1v) is 6.24. The van der Waals surface area contributed by atoms with Crippen molar-refractivity contribution < 1.29 is 8.78 Å². The molecule has 0 saturated carbocycles. The molecule has 3 rings (SSSR count). The maximum absolute atomic E-state index is 13.1. The van der Waals surface area contributed by atoms with Crippen LogP contribution in [0.25, 0.3) is 11.3 Å². The van der Waals surface area contributed by atoms with Gasteiger partial charge in [0.1, 0.15) is 11.6 Å².